The number of nitrogens with zero attached hydrogens (tertiary/aromatic N) is 1. The van der Waals surface area contributed by atoms with Crippen molar-refractivity contribution in [3.8, 4) is 5.75 Å². The predicted molar refractivity (Wildman–Crippen MR) is 86.2 cm³/mol. The van der Waals surface area contributed by atoms with E-state index in [0.29, 0.717) is 11.4 Å². The van der Waals surface area contributed by atoms with Gasteiger partial charge >= 0.3 is 5.97 Å². The molecule has 0 aromatic heterocycles. The first-order chi connectivity index (χ1) is 11.3. The minimum atomic E-state index is -4.02. The van der Waals surface area contributed by atoms with E-state index < -0.39 is 21.8 Å². The number of sulfonamides is 1. The summed E-state index contributed by atoms with van der Waals surface area (Å²) in [5.74, 6) is -1.14. The van der Waals surface area contributed by atoms with Crippen molar-refractivity contribution in [3.05, 3.63) is 54.3 Å². The standard InChI is InChI=1S/C16H16FNO5S/c1-23-14-6-4-13(5-7-14)18(11-10-16(19)20)24(21,22)15-8-2-12(17)3-9-15/h2-9H,10-11H2,1H3,(H,19,20). The van der Waals surface area contributed by atoms with Crippen molar-refractivity contribution >= 4 is 21.7 Å². The fraction of sp³-hybridized carbons (Fsp3) is 0.188. The van der Waals surface area contributed by atoms with Gasteiger partial charge in [-0.15, -0.1) is 0 Å². The van der Waals surface area contributed by atoms with Crippen molar-refractivity contribution in [2.75, 3.05) is 18.0 Å². The summed E-state index contributed by atoms with van der Waals surface area (Å²) in [5, 5.41) is 8.87. The molecule has 128 valence electrons. The largest absolute Gasteiger partial charge is 0.497 e. The number of carboxylic acids is 1. The second-order valence-electron chi connectivity index (χ2n) is 4.87. The van der Waals surface area contributed by atoms with Crippen LogP contribution in [0.2, 0.25) is 0 Å². The molecule has 6 nitrogen and oxygen atoms in total. The van der Waals surface area contributed by atoms with E-state index in [1.807, 2.05) is 0 Å². The van der Waals surface area contributed by atoms with Crippen molar-refractivity contribution < 1.29 is 27.4 Å². The number of carbonyl (C=O) groups is 1. The second kappa shape index (κ2) is 7.31. The maximum atomic E-state index is 13.0. The molecule has 0 unspecified atom stereocenters. The number of benzene rings is 2. The molecule has 0 atom stereocenters. The second-order valence-corrected chi connectivity index (χ2v) is 6.74. The van der Waals surface area contributed by atoms with Gasteiger partial charge < -0.3 is 9.84 Å². The minimum Gasteiger partial charge on any atom is -0.497 e. The molecular formula is C16H16FNO5S. The number of halogens is 1. The van der Waals surface area contributed by atoms with Gasteiger partial charge in [0.15, 0.2) is 0 Å². The number of rotatable bonds is 7. The van der Waals surface area contributed by atoms with Crippen molar-refractivity contribution in [1.29, 1.82) is 0 Å². The molecule has 0 saturated carbocycles. The van der Waals surface area contributed by atoms with Crippen LogP contribution in [0.15, 0.2) is 53.4 Å². The Bertz CT molecular complexity index is 803. The molecule has 0 amide bonds. The van der Waals surface area contributed by atoms with Crippen LogP contribution in [0.1, 0.15) is 6.42 Å². The molecule has 0 aliphatic heterocycles. The molecule has 2 rings (SSSR count). The summed E-state index contributed by atoms with van der Waals surface area (Å²) in [5.41, 5.74) is 0.293. The molecule has 0 bridgehead atoms. The van der Waals surface area contributed by atoms with E-state index in [1.165, 1.54) is 19.2 Å². The summed E-state index contributed by atoms with van der Waals surface area (Å²) in [7, 11) is -2.54. The van der Waals surface area contributed by atoms with Gasteiger partial charge in [0, 0.05) is 6.54 Å². The molecule has 0 heterocycles. The van der Waals surface area contributed by atoms with E-state index in [4.69, 9.17) is 9.84 Å². The molecule has 0 saturated heterocycles. The number of ether oxygens (including phenoxy) is 1. The monoisotopic (exact) mass is 353 g/mol. The smallest absolute Gasteiger partial charge is 0.305 e. The fourth-order valence-electron chi connectivity index (χ4n) is 2.07. The average molecular weight is 353 g/mol. The maximum Gasteiger partial charge on any atom is 0.305 e. The van der Waals surface area contributed by atoms with Crippen molar-refractivity contribution in [2.24, 2.45) is 0 Å². The van der Waals surface area contributed by atoms with Crippen LogP contribution in [0.4, 0.5) is 10.1 Å². The highest BCUT2D eigenvalue weighted by Crippen LogP contribution is 2.26. The van der Waals surface area contributed by atoms with Crippen molar-refractivity contribution in [1.82, 2.24) is 0 Å². The quantitative estimate of drug-likeness (QED) is 0.827. The van der Waals surface area contributed by atoms with Crippen molar-refractivity contribution in [2.45, 2.75) is 11.3 Å². The van der Waals surface area contributed by atoms with E-state index in [0.717, 1.165) is 28.6 Å². The number of aliphatic carboxylic acids is 1. The topological polar surface area (TPSA) is 83.9 Å². The van der Waals surface area contributed by atoms with Crippen LogP contribution in [0.5, 0.6) is 5.75 Å². The third-order valence-electron chi connectivity index (χ3n) is 3.29. The summed E-state index contributed by atoms with van der Waals surface area (Å²) in [6.45, 7) is -0.249. The zero-order chi connectivity index (χ0) is 17.7. The molecule has 0 aliphatic rings. The first-order valence-electron chi connectivity index (χ1n) is 6.99. The van der Waals surface area contributed by atoms with Crippen LogP contribution in [-0.4, -0.2) is 33.1 Å². The van der Waals surface area contributed by atoms with Gasteiger partial charge in [-0.25, -0.2) is 12.8 Å². The van der Waals surface area contributed by atoms with Crippen molar-refractivity contribution in [3.63, 3.8) is 0 Å². The zero-order valence-corrected chi connectivity index (χ0v) is 13.7. The van der Waals surface area contributed by atoms with Gasteiger partial charge in [0.25, 0.3) is 10.0 Å². The van der Waals surface area contributed by atoms with Crippen LogP contribution in [0.3, 0.4) is 0 Å². The lowest BCUT2D eigenvalue weighted by molar-refractivity contribution is -0.136. The molecule has 0 fully saturated rings. The Balaban J connectivity index is 2.43. The third-order valence-corrected chi connectivity index (χ3v) is 5.13. The summed E-state index contributed by atoms with van der Waals surface area (Å²) in [4.78, 5) is 10.7. The lowest BCUT2D eigenvalue weighted by Crippen LogP contribution is -2.33. The molecule has 0 spiro atoms. The Morgan fingerprint density at radius 1 is 1.12 bits per heavy atom. The molecule has 24 heavy (non-hydrogen) atoms. The van der Waals surface area contributed by atoms with E-state index in [9.17, 15) is 17.6 Å². The Morgan fingerprint density at radius 2 is 1.71 bits per heavy atom. The van der Waals surface area contributed by atoms with E-state index in [1.54, 1.807) is 12.1 Å². The van der Waals surface area contributed by atoms with Gasteiger partial charge in [0.1, 0.15) is 11.6 Å². The Kier molecular flexibility index (Phi) is 5.40. The summed E-state index contributed by atoms with van der Waals surface area (Å²) < 4.78 is 44.6. The van der Waals surface area contributed by atoms with Gasteiger partial charge in [-0.05, 0) is 48.5 Å². The van der Waals surface area contributed by atoms with E-state index >= 15 is 0 Å². The van der Waals surface area contributed by atoms with Gasteiger partial charge in [-0.3, -0.25) is 9.10 Å². The van der Waals surface area contributed by atoms with Gasteiger partial charge in [0.2, 0.25) is 0 Å². The van der Waals surface area contributed by atoms with Gasteiger partial charge in [0.05, 0.1) is 24.1 Å². The fourth-order valence-corrected chi connectivity index (χ4v) is 3.53. The number of methoxy groups -OCH3 is 1. The number of anilines is 1. The van der Waals surface area contributed by atoms with Crippen LogP contribution < -0.4 is 9.04 Å². The molecule has 0 aliphatic carbocycles. The highest BCUT2D eigenvalue weighted by molar-refractivity contribution is 7.92. The lowest BCUT2D eigenvalue weighted by atomic mass is 10.3. The van der Waals surface area contributed by atoms with Crippen LogP contribution >= 0.6 is 0 Å². The highest BCUT2D eigenvalue weighted by Gasteiger charge is 2.25. The normalized spacial score (nSPS) is 11.1. The molecular weight excluding hydrogens is 337 g/mol. The highest BCUT2D eigenvalue weighted by atomic mass is 32.2. The van der Waals surface area contributed by atoms with Crippen LogP contribution in [0, 0.1) is 5.82 Å². The molecule has 8 heteroatoms. The lowest BCUT2D eigenvalue weighted by Gasteiger charge is -2.24. The van der Waals surface area contributed by atoms with Gasteiger partial charge in [-0.1, -0.05) is 0 Å². The molecule has 1 N–H and O–H groups in total. The zero-order valence-electron chi connectivity index (χ0n) is 12.8. The Morgan fingerprint density at radius 3 is 2.21 bits per heavy atom. The number of hydrogen-bond donors (Lipinski definition) is 1. The van der Waals surface area contributed by atoms with Gasteiger partial charge in [-0.2, -0.15) is 0 Å². The molecule has 2 aromatic carbocycles. The SMILES string of the molecule is COc1ccc(N(CCC(=O)O)S(=O)(=O)c2ccc(F)cc2)cc1. The van der Waals surface area contributed by atoms with E-state index in [-0.39, 0.29) is 17.9 Å². The predicted octanol–water partition coefficient (Wildman–Crippen LogP) is 2.50. The number of hydrogen-bond acceptors (Lipinski definition) is 4. The first kappa shape index (κ1) is 17.7. The Labute approximate surface area is 139 Å². The molecule has 2 aromatic rings. The maximum absolute atomic E-state index is 13.0. The minimum absolute atomic E-state index is 0.120. The summed E-state index contributed by atoms with van der Waals surface area (Å²) in [6, 6.07) is 10.5. The molecule has 0 radical (unpaired) electrons. The average Bonchev–Trinajstić information content (AvgIpc) is 2.55. The first-order valence-corrected chi connectivity index (χ1v) is 8.43. The number of carboxylic acid groups (broad SMARTS) is 1. The Hall–Kier alpha value is -2.61. The van der Waals surface area contributed by atoms with E-state index in [2.05, 4.69) is 0 Å². The third kappa shape index (κ3) is 4.02. The van der Waals surface area contributed by atoms with Crippen LogP contribution in [-0.2, 0) is 14.8 Å². The van der Waals surface area contributed by atoms with Crippen LogP contribution in [0.25, 0.3) is 0 Å². The summed E-state index contributed by atoms with van der Waals surface area (Å²) in [6.07, 6.45) is -0.369. The summed E-state index contributed by atoms with van der Waals surface area (Å²) >= 11 is 0.